The van der Waals surface area contributed by atoms with Crippen molar-refractivity contribution >= 4 is 16.5 Å². The average molecular weight is 348 g/mol. The van der Waals surface area contributed by atoms with Crippen molar-refractivity contribution in [3.8, 4) is 11.5 Å². The number of benzene rings is 1. The van der Waals surface area contributed by atoms with Crippen LogP contribution in [0.15, 0.2) is 30.5 Å². The summed E-state index contributed by atoms with van der Waals surface area (Å²) in [5.41, 5.74) is 5.69. The van der Waals surface area contributed by atoms with Crippen LogP contribution < -0.4 is 15.2 Å². The molecule has 3 rings (SSSR count). The molecule has 0 radical (unpaired) electrons. The summed E-state index contributed by atoms with van der Waals surface area (Å²) in [4.78, 5) is 10.2. The standard InChI is InChI=1S/C17H24N4O2S/c1-22-14-3-2-4-15(11-14)23-10-9-20-5-7-21(8-6-20)13-16-12-19-17(18)24-16/h2-4,11-12H,5-10,13H2,1H3,(H2,18,19). The van der Waals surface area contributed by atoms with Gasteiger partial charge < -0.3 is 15.2 Å². The number of piperazine rings is 1. The van der Waals surface area contributed by atoms with E-state index in [0.29, 0.717) is 11.7 Å². The molecule has 1 aliphatic rings. The van der Waals surface area contributed by atoms with E-state index >= 15 is 0 Å². The molecule has 1 saturated heterocycles. The second kappa shape index (κ2) is 8.32. The van der Waals surface area contributed by atoms with E-state index in [-0.39, 0.29) is 0 Å². The lowest BCUT2D eigenvalue weighted by atomic mass is 10.3. The van der Waals surface area contributed by atoms with Crippen LogP contribution in [0, 0.1) is 0 Å². The first-order chi connectivity index (χ1) is 11.7. The maximum atomic E-state index is 5.82. The summed E-state index contributed by atoms with van der Waals surface area (Å²) in [5.74, 6) is 1.68. The van der Waals surface area contributed by atoms with Gasteiger partial charge in [0.1, 0.15) is 18.1 Å². The Morgan fingerprint density at radius 1 is 1.17 bits per heavy atom. The zero-order valence-corrected chi connectivity index (χ0v) is 14.8. The molecule has 24 heavy (non-hydrogen) atoms. The van der Waals surface area contributed by atoms with Crippen molar-refractivity contribution in [3.63, 3.8) is 0 Å². The van der Waals surface area contributed by atoms with Crippen LogP contribution in [0.5, 0.6) is 11.5 Å². The fourth-order valence-corrected chi connectivity index (χ4v) is 3.50. The van der Waals surface area contributed by atoms with E-state index in [0.717, 1.165) is 50.8 Å². The van der Waals surface area contributed by atoms with Crippen molar-refractivity contribution in [1.82, 2.24) is 14.8 Å². The number of methoxy groups -OCH3 is 1. The molecule has 1 aromatic heterocycles. The Morgan fingerprint density at radius 3 is 2.62 bits per heavy atom. The van der Waals surface area contributed by atoms with Gasteiger partial charge in [0.15, 0.2) is 5.13 Å². The third-order valence-corrected chi connectivity index (χ3v) is 4.94. The highest BCUT2D eigenvalue weighted by Gasteiger charge is 2.17. The van der Waals surface area contributed by atoms with Crippen molar-refractivity contribution in [2.45, 2.75) is 6.54 Å². The minimum Gasteiger partial charge on any atom is -0.497 e. The smallest absolute Gasteiger partial charge is 0.180 e. The molecule has 0 amide bonds. The van der Waals surface area contributed by atoms with E-state index in [2.05, 4.69) is 14.8 Å². The SMILES string of the molecule is COc1cccc(OCCN2CCN(Cc3cnc(N)s3)CC2)c1. The summed E-state index contributed by atoms with van der Waals surface area (Å²) in [6, 6.07) is 7.74. The second-order valence-corrected chi connectivity index (χ2v) is 6.96. The quantitative estimate of drug-likeness (QED) is 0.825. The van der Waals surface area contributed by atoms with E-state index in [9.17, 15) is 0 Å². The maximum absolute atomic E-state index is 5.82. The lowest BCUT2D eigenvalue weighted by Gasteiger charge is -2.34. The molecule has 0 atom stereocenters. The van der Waals surface area contributed by atoms with Crippen molar-refractivity contribution in [3.05, 3.63) is 35.3 Å². The number of anilines is 1. The van der Waals surface area contributed by atoms with Gasteiger partial charge in [-0.05, 0) is 12.1 Å². The molecule has 6 nitrogen and oxygen atoms in total. The predicted molar refractivity (Wildman–Crippen MR) is 96.7 cm³/mol. The highest BCUT2D eigenvalue weighted by Crippen LogP contribution is 2.19. The molecular weight excluding hydrogens is 324 g/mol. The summed E-state index contributed by atoms with van der Waals surface area (Å²) in [7, 11) is 1.67. The summed E-state index contributed by atoms with van der Waals surface area (Å²) in [6.45, 7) is 6.85. The number of nitrogens with zero attached hydrogens (tertiary/aromatic N) is 3. The van der Waals surface area contributed by atoms with E-state index in [4.69, 9.17) is 15.2 Å². The number of thiazole rings is 1. The molecule has 0 bridgehead atoms. The lowest BCUT2D eigenvalue weighted by Crippen LogP contribution is -2.46. The highest BCUT2D eigenvalue weighted by atomic mass is 32.1. The molecule has 0 unspecified atom stereocenters. The summed E-state index contributed by atoms with van der Waals surface area (Å²) in [6.07, 6.45) is 1.88. The number of nitrogen functional groups attached to an aromatic ring is 1. The first kappa shape index (κ1) is 17.0. The molecule has 1 fully saturated rings. The van der Waals surface area contributed by atoms with Gasteiger partial charge in [-0.3, -0.25) is 9.80 Å². The van der Waals surface area contributed by atoms with Crippen LogP contribution in [-0.2, 0) is 6.54 Å². The Kier molecular flexibility index (Phi) is 5.90. The first-order valence-electron chi connectivity index (χ1n) is 8.14. The maximum Gasteiger partial charge on any atom is 0.180 e. The van der Waals surface area contributed by atoms with E-state index in [1.54, 1.807) is 18.4 Å². The van der Waals surface area contributed by atoms with Gasteiger partial charge in [-0.25, -0.2) is 4.98 Å². The Hall–Kier alpha value is -1.83. The summed E-state index contributed by atoms with van der Waals surface area (Å²) < 4.78 is 11.0. The van der Waals surface area contributed by atoms with Crippen LogP contribution >= 0.6 is 11.3 Å². The fraction of sp³-hybridized carbons (Fsp3) is 0.471. The summed E-state index contributed by atoms with van der Waals surface area (Å²) >= 11 is 1.58. The van der Waals surface area contributed by atoms with Gasteiger partial charge >= 0.3 is 0 Å². The molecule has 130 valence electrons. The van der Waals surface area contributed by atoms with Gasteiger partial charge in [0.2, 0.25) is 0 Å². The summed E-state index contributed by atoms with van der Waals surface area (Å²) in [5, 5.41) is 0.651. The highest BCUT2D eigenvalue weighted by molar-refractivity contribution is 7.15. The number of nitrogens with two attached hydrogens (primary N) is 1. The minimum atomic E-state index is 0.651. The zero-order valence-electron chi connectivity index (χ0n) is 14.0. The van der Waals surface area contributed by atoms with Crippen molar-refractivity contribution < 1.29 is 9.47 Å². The monoisotopic (exact) mass is 348 g/mol. The van der Waals surface area contributed by atoms with Gasteiger partial charge in [0, 0.05) is 56.4 Å². The first-order valence-corrected chi connectivity index (χ1v) is 8.96. The number of hydrogen-bond acceptors (Lipinski definition) is 7. The molecule has 7 heteroatoms. The van der Waals surface area contributed by atoms with Crippen LogP contribution in [-0.4, -0.2) is 61.2 Å². The number of ether oxygens (including phenoxy) is 2. The largest absolute Gasteiger partial charge is 0.497 e. The van der Waals surface area contributed by atoms with Crippen LogP contribution in [0.25, 0.3) is 0 Å². The van der Waals surface area contributed by atoms with Crippen LogP contribution in [0.1, 0.15) is 4.88 Å². The van der Waals surface area contributed by atoms with Gasteiger partial charge in [-0.15, -0.1) is 11.3 Å². The average Bonchev–Trinajstić information content (AvgIpc) is 3.01. The van der Waals surface area contributed by atoms with Crippen molar-refractivity contribution in [2.75, 3.05) is 52.2 Å². The van der Waals surface area contributed by atoms with Gasteiger partial charge in [0.25, 0.3) is 0 Å². The minimum absolute atomic E-state index is 0.651. The van der Waals surface area contributed by atoms with E-state index < -0.39 is 0 Å². The number of hydrogen-bond donors (Lipinski definition) is 1. The van der Waals surface area contributed by atoms with Gasteiger partial charge in [-0.2, -0.15) is 0 Å². The third kappa shape index (κ3) is 4.83. The molecule has 0 spiro atoms. The molecule has 2 aromatic rings. The Bertz CT molecular complexity index is 641. The van der Waals surface area contributed by atoms with E-state index in [1.165, 1.54) is 4.88 Å². The zero-order chi connectivity index (χ0) is 16.8. The molecular formula is C17H24N4O2S. The predicted octanol–water partition coefficient (Wildman–Crippen LogP) is 1.93. The van der Waals surface area contributed by atoms with Crippen LogP contribution in [0.2, 0.25) is 0 Å². The topological polar surface area (TPSA) is 63.9 Å². The van der Waals surface area contributed by atoms with Gasteiger partial charge in [0.05, 0.1) is 7.11 Å². The van der Waals surface area contributed by atoms with Crippen molar-refractivity contribution in [1.29, 1.82) is 0 Å². The molecule has 0 saturated carbocycles. The number of rotatable bonds is 7. The molecule has 2 heterocycles. The molecule has 0 aliphatic carbocycles. The third-order valence-electron chi connectivity index (χ3n) is 4.13. The van der Waals surface area contributed by atoms with Crippen LogP contribution in [0.3, 0.4) is 0 Å². The fourth-order valence-electron chi connectivity index (χ4n) is 2.77. The van der Waals surface area contributed by atoms with Crippen molar-refractivity contribution in [2.24, 2.45) is 0 Å². The Labute approximate surface area is 146 Å². The molecule has 1 aromatic carbocycles. The molecule has 1 aliphatic heterocycles. The Balaban J connectivity index is 1.36. The van der Waals surface area contributed by atoms with Crippen LogP contribution in [0.4, 0.5) is 5.13 Å². The molecule has 2 N–H and O–H groups in total. The van der Waals surface area contributed by atoms with E-state index in [1.807, 2.05) is 30.5 Å². The second-order valence-electron chi connectivity index (χ2n) is 5.81. The van der Waals surface area contributed by atoms with Gasteiger partial charge in [-0.1, -0.05) is 6.07 Å². The Morgan fingerprint density at radius 2 is 1.92 bits per heavy atom. The number of aromatic nitrogens is 1. The lowest BCUT2D eigenvalue weighted by molar-refractivity contribution is 0.113. The normalized spacial score (nSPS) is 16.2.